The molecular formula is C17H27N3. The predicted octanol–water partition coefficient (Wildman–Crippen LogP) is 3.69. The lowest BCUT2D eigenvalue weighted by molar-refractivity contribution is 0.139. The summed E-state index contributed by atoms with van der Waals surface area (Å²) in [7, 11) is 0. The molecule has 3 rings (SSSR count). The van der Waals surface area contributed by atoms with E-state index >= 15 is 0 Å². The van der Waals surface area contributed by atoms with Crippen LogP contribution in [0, 0.1) is 11.3 Å². The number of hydrogen-bond acceptors (Lipinski definition) is 3. The van der Waals surface area contributed by atoms with Crippen LogP contribution in [0.15, 0.2) is 18.3 Å². The van der Waals surface area contributed by atoms with Gasteiger partial charge < -0.3 is 5.32 Å². The van der Waals surface area contributed by atoms with E-state index < -0.39 is 0 Å². The Balaban J connectivity index is 2.08. The summed E-state index contributed by atoms with van der Waals surface area (Å²) >= 11 is 0. The van der Waals surface area contributed by atoms with Gasteiger partial charge in [-0.15, -0.1) is 0 Å². The normalized spacial score (nSPS) is 32.9. The van der Waals surface area contributed by atoms with E-state index in [0.29, 0.717) is 29.5 Å². The van der Waals surface area contributed by atoms with Crippen molar-refractivity contribution in [3.05, 3.63) is 24.0 Å². The topological polar surface area (TPSA) is 28.2 Å². The molecule has 20 heavy (non-hydrogen) atoms. The van der Waals surface area contributed by atoms with Gasteiger partial charge in [0.25, 0.3) is 0 Å². The van der Waals surface area contributed by atoms with Gasteiger partial charge in [0.2, 0.25) is 0 Å². The number of fused-ring (bicyclic) bond motifs is 3. The van der Waals surface area contributed by atoms with E-state index in [1.807, 2.05) is 12.3 Å². The fourth-order valence-corrected chi connectivity index (χ4v) is 4.55. The highest BCUT2D eigenvalue weighted by Gasteiger charge is 2.55. The van der Waals surface area contributed by atoms with Crippen molar-refractivity contribution in [2.24, 2.45) is 11.3 Å². The third-order valence-corrected chi connectivity index (χ3v) is 5.17. The molecule has 2 aliphatic heterocycles. The third-order valence-electron chi connectivity index (χ3n) is 5.17. The molecule has 0 saturated carbocycles. The second kappa shape index (κ2) is 4.73. The maximum atomic E-state index is 4.71. The highest BCUT2D eigenvalue weighted by Crippen LogP contribution is 2.54. The second-order valence-electron chi connectivity index (χ2n) is 7.25. The van der Waals surface area contributed by atoms with Gasteiger partial charge in [-0.05, 0) is 36.4 Å². The maximum absolute atomic E-state index is 4.71. The van der Waals surface area contributed by atoms with Gasteiger partial charge >= 0.3 is 0 Å². The van der Waals surface area contributed by atoms with Crippen LogP contribution in [0.4, 0.5) is 5.69 Å². The molecule has 1 aromatic heterocycles. The molecule has 0 aromatic carbocycles. The largest absolute Gasteiger partial charge is 0.368 e. The van der Waals surface area contributed by atoms with Crippen LogP contribution >= 0.6 is 0 Å². The molecule has 3 nitrogen and oxygen atoms in total. The van der Waals surface area contributed by atoms with Crippen LogP contribution in [-0.2, 0) is 0 Å². The summed E-state index contributed by atoms with van der Waals surface area (Å²) in [5, 5.41) is 3.73. The Kier molecular flexibility index (Phi) is 3.28. The van der Waals surface area contributed by atoms with Gasteiger partial charge in [0.1, 0.15) is 0 Å². The van der Waals surface area contributed by atoms with E-state index in [-0.39, 0.29) is 0 Å². The van der Waals surface area contributed by atoms with E-state index in [1.165, 1.54) is 17.8 Å². The zero-order valence-electron chi connectivity index (χ0n) is 13.4. The summed E-state index contributed by atoms with van der Waals surface area (Å²) in [5.41, 5.74) is 2.82. The molecular weight excluding hydrogens is 246 g/mol. The van der Waals surface area contributed by atoms with Gasteiger partial charge in [0.05, 0.1) is 17.5 Å². The van der Waals surface area contributed by atoms with E-state index in [0.717, 1.165) is 6.54 Å². The van der Waals surface area contributed by atoms with Gasteiger partial charge in [-0.1, -0.05) is 34.6 Å². The summed E-state index contributed by atoms with van der Waals surface area (Å²) in [6.07, 6.45) is 3.59. The van der Waals surface area contributed by atoms with Crippen molar-refractivity contribution < 1.29 is 0 Å². The Morgan fingerprint density at radius 1 is 1.30 bits per heavy atom. The SMILES string of the molecule is CCC1C(C(C)(C)C)C2c3ncccc3NC2N1CC. The van der Waals surface area contributed by atoms with Gasteiger partial charge in [0.15, 0.2) is 0 Å². The first-order valence-electron chi connectivity index (χ1n) is 7.96. The molecule has 0 radical (unpaired) electrons. The average molecular weight is 273 g/mol. The van der Waals surface area contributed by atoms with E-state index in [9.17, 15) is 0 Å². The molecule has 0 aliphatic carbocycles. The number of likely N-dealkylation sites (N-methyl/N-ethyl adjacent to an activating group) is 1. The minimum atomic E-state index is 0.300. The number of rotatable bonds is 2. The first kappa shape index (κ1) is 13.9. The lowest BCUT2D eigenvalue weighted by Crippen LogP contribution is -2.41. The van der Waals surface area contributed by atoms with Crippen LogP contribution < -0.4 is 5.32 Å². The zero-order chi connectivity index (χ0) is 14.5. The summed E-state index contributed by atoms with van der Waals surface area (Å²) in [6, 6.07) is 4.86. The Morgan fingerprint density at radius 2 is 2.05 bits per heavy atom. The monoisotopic (exact) mass is 273 g/mol. The smallest absolute Gasteiger partial charge is 0.0885 e. The van der Waals surface area contributed by atoms with Crippen LogP contribution in [0.2, 0.25) is 0 Å². The number of pyridine rings is 1. The number of nitrogens with one attached hydrogen (secondary N) is 1. The zero-order valence-corrected chi connectivity index (χ0v) is 13.4. The van der Waals surface area contributed by atoms with Crippen LogP contribution in [0.1, 0.15) is 52.7 Å². The van der Waals surface area contributed by atoms with Crippen molar-refractivity contribution in [2.75, 3.05) is 11.9 Å². The Hall–Kier alpha value is -1.09. The van der Waals surface area contributed by atoms with Gasteiger partial charge in [-0.3, -0.25) is 9.88 Å². The van der Waals surface area contributed by atoms with Gasteiger partial charge in [-0.2, -0.15) is 0 Å². The first-order valence-corrected chi connectivity index (χ1v) is 7.96. The lowest BCUT2D eigenvalue weighted by atomic mass is 9.70. The van der Waals surface area contributed by atoms with Crippen molar-refractivity contribution in [3.8, 4) is 0 Å². The molecule has 4 atom stereocenters. The molecule has 0 amide bonds. The maximum Gasteiger partial charge on any atom is 0.0885 e. The predicted molar refractivity (Wildman–Crippen MR) is 83.8 cm³/mol. The molecule has 110 valence electrons. The second-order valence-corrected chi connectivity index (χ2v) is 7.25. The van der Waals surface area contributed by atoms with Gasteiger partial charge in [0, 0.05) is 18.2 Å². The average Bonchev–Trinajstić information content (AvgIpc) is 2.90. The van der Waals surface area contributed by atoms with Gasteiger partial charge in [-0.25, -0.2) is 0 Å². The van der Waals surface area contributed by atoms with Crippen molar-refractivity contribution in [1.82, 2.24) is 9.88 Å². The van der Waals surface area contributed by atoms with Crippen LogP contribution in [0.5, 0.6) is 0 Å². The van der Waals surface area contributed by atoms with E-state index in [1.54, 1.807) is 0 Å². The van der Waals surface area contributed by atoms with E-state index in [4.69, 9.17) is 4.98 Å². The Bertz CT molecular complexity index is 491. The van der Waals surface area contributed by atoms with Crippen LogP contribution in [-0.4, -0.2) is 28.6 Å². The molecule has 0 spiro atoms. The number of likely N-dealkylation sites (tertiary alicyclic amines) is 1. The number of anilines is 1. The first-order chi connectivity index (χ1) is 9.49. The molecule has 3 heteroatoms. The van der Waals surface area contributed by atoms with Crippen molar-refractivity contribution in [3.63, 3.8) is 0 Å². The van der Waals surface area contributed by atoms with Crippen LogP contribution in [0.3, 0.4) is 0 Å². The molecule has 1 fully saturated rings. The summed E-state index contributed by atoms with van der Waals surface area (Å²) < 4.78 is 0. The van der Waals surface area contributed by atoms with E-state index in [2.05, 4.69) is 50.9 Å². The summed E-state index contributed by atoms with van der Waals surface area (Å²) in [4.78, 5) is 7.37. The van der Waals surface area contributed by atoms with Crippen LogP contribution in [0.25, 0.3) is 0 Å². The molecule has 1 aromatic rings. The molecule has 4 unspecified atom stereocenters. The number of nitrogens with zero attached hydrogens (tertiary/aromatic N) is 2. The Morgan fingerprint density at radius 3 is 2.65 bits per heavy atom. The lowest BCUT2D eigenvalue weighted by Gasteiger charge is -2.36. The number of aromatic nitrogens is 1. The molecule has 2 aliphatic rings. The third kappa shape index (κ3) is 1.86. The fourth-order valence-electron chi connectivity index (χ4n) is 4.55. The summed E-state index contributed by atoms with van der Waals surface area (Å²) in [5.74, 6) is 1.18. The minimum Gasteiger partial charge on any atom is -0.368 e. The molecule has 0 bridgehead atoms. The fraction of sp³-hybridized carbons (Fsp3) is 0.706. The highest BCUT2D eigenvalue weighted by molar-refractivity contribution is 5.57. The molecule has 1 N–H and O–H groups in total. The quantitative estimate of drug-likeness (QED) is 0.890. The minimum absolute atomic E-state index is 0.300. The standard InChI is InChI=1S/C17H27N3/c1-6-12-14(17(3,4)5)13-15-11(9-8-10-18-15)19-16(13)20(12)7-2/h8-10,12-14,16,19H,6-7H2,1-5H3. The van der Waals surface area contributed by atoms with Crippen molar-refractivity contribution in [2.45, 2.75) is 59.2 Å². The summed E-state index contributed by atoms with van der Waals surface area (Å²) in [6.45, 7) is 12.9. The molecule has 1 saturated heterocycles. The molecule has 3 heterocycles. The highest BCUT2D eigenvalue weighted by atomic mass is 15.3. The van der Waals surface area contributed by atoms with Crippen molar-refractivity contribution in [1.29, 1.82) is 0 Å². The van der Waals surface area contributed by atoms with Crippen molar-refractivity contribution >= 4 is 5.69 Å². The number of hydrogen-bond donors (Lipinski definition) is 1. The Labute approximate surface area is 122 Å².